The van der Waals surface area contributed by atoms with Gasteiger partial charge in [0.2, 0.25) is 5.91 Å². The molecule has 0 spiro atoms. The normalized spacial score (nSPS) is 14.5. The van der Waals surface area contributed by atoms with Gasteiger partial charge >= 0.3 is 5.97 Å². The van der Waals surface area contributed by atoms with Crippen LogP contribution in [0.5, 0.6) is 11.5 Å². The van der Waals surface area contributed by atoms with E-state index in [-0.39, 0.29) is 6.42 Å². The maximum atomic E-state index is 13.8. The Morgan fingerprint density at radius 3 is 2.06 bits per heavy atom. The van der Waals surface area contributed by atoms with Crippen molar-refractivity contribution in [2.45, 2.75) is 83.7 Å². The second-order valence-electron chi connectivity index (χ2n) is 12.9. The fourth-order valence-corrected chi connectivity index (χ4v) is 6.14. The Kier molecular flexibility index (Phi) is 13.5. The largest absolute Gasteiger partial charge is 0.494 e. The highest BCUT2D eigenvalue weighted by molar-refractivity contribution is 5.98. The van der Waals surface area contributed by atoms with E-state index < -0.39 is 29.9 Å². The molecule has 2 heterocycles. The van der Waals surface area contributed by atoms with Gasteiger partial charge in [-0.2, -0.15) is 0 Å². The monoisotopic (exact) mass is 692 g/mol. The zero-order valence-corrected chi connectivity index (χ0v) is 29.6. The molecule has 1 saturated heterocycles. The number of nitrogens with zero attached hydrogens (tertiary/aromatic N) is 3. The predicted octanol–water partition coefficient (Wildman–Crippen LogP) is 7.37. The molecule has 1 aliphatic rings. The van der Waals surface area contributed by atoms with Gasteiger partial charge in [0.1, 0.15) is 23.6 Å². The number of hydrogen-bond acceptors (Lipinski definition) is 7. The molecule has 2 amide bonds. The van der Waals surface area contributed by atoms with Crippen LogP contribution in [0.25, 0.3) is 22.5 Å². The Morgan fingerprint density at radius 1 is 0.784 bits per heavy atom. The minimum atomic E-state index is -1.04. The van der Waals surface area contributed by atoms with E-state index in [1.54, 1.807) is 36.7 Å². The number of amides is 2. The van der Waals surface area contributed by atoms with Crippen LogP contribution < -0.4 is 14.8 Å². The summed E-state index contributed by atoms with van der Waals surface area (Å²) in [5, 5.41) is 12.6. The molecule has 51 heavy (non-hydrogen) atoms. The number of benzene rings is 3. The summed E-state index contributed by atoms with van der Waals surface area (Å²) in [6, 6.07) is 20.3. The molecule has 1 fully saturated rings. The molecular weight excluding hydrogens is 644 g/mol. The van der Waals surface area contributed by atoms with Crippen LogP contribution in [0.1, 0.15) is 81.1 Å². The van der Waals surface area contributed by atoms with Crippen LogP contribution in [-0.4, -0.2) is 69.6 Å². The lowest BCUT2D eigenvalue weighted by atomic mass is 10.0. The second-order valence-corrected chi connectivity index (χ2v) is 12.9. The highest BCUT2D eigenvalue weighted by Gasteiger charge is 2.37. The standard InChI is InChI=1S/C41H48N4O6/c1-3-5-6-7-8-25-51-35-19-15-30(16-20-35)33-27-42-38(43-28-33)31-13-11-29(12-14-31)26-36(40(47)45-23-9-10-37(45)41(48)49)44-39(46)32-17-21-34(22-18-32)50-24-4-2/h11-22,27-28,36-37H,3-10,23-26H2,1-2H3,(H,44,46)(H,48,49)/t36-,37-/m0/s1. The molecule has 0 aliphatic carbocycles. The van der Waals surface area contributed by atoms with Crippen LogP contribution in [0.4, 0.5) is 0 Å². The average molecular weight is 693 g/mol. The molecular formula is C41H48N4O6. The lowest BCUT2D eigenvalue weighted by Gasteiger charge is -2.27. The SMILES string of the molecule is CCCCCCCOc1ccc(-c2cnc(-c3ccc(C[C@H](NC(=O)c4ccc(OCCC)cc4)C(=O)N4CCC[C@H]4C(=O)O)cc3)nc2)cc1. The summed E-state index contributed by atoms with van der Waals surface area (Å²) in [6.45, 7) is 5.85. The molecule has 0 unspecified atom stereocenters. The molecule has 268 valence electrons. The number of carbonyl (C=O) groups is 3. The quantitative estimate of drug-likeness (QED) is 0.103. The Hall–Kier alpha value is -5.25. The number of nitrogens with one attached hydrogen (secondary N) is 1. The second kappa shape index (κ2) is 18.7. The average Bonchev–Trinajstić information content (AvgIpc) is 3.66. The van der Waals surface area contributed by atoms with E-state index in [1.165, 1.54) is 30.6 Å². The molecule has 0 radical (unpaired) electrons. The van der Waals surface area contributed by atoms with Crippen molar-refractivity contribution in [3.05, 3.63) is 96.3 Å². The summed E-state index contributed by atoms with van der Waals surface area (Å²) < 4.78 is 11.5. The van der Waals surface area contributed by atoms with Crippen molar-refractivity contribution in [2.75, 3.05) is 19.8 Å². The van der Waals surface area contributed by atoms with Crippen LogP contribution in [0.3, 0.4) is 0 Å². The maximum absolute atomic E-state index is 13.8. The fraction of sp³-hybridized carbons (Fsp3) is 0.390. The van der Waals surface area contributed by atoms with E-state index in [4.69, 9.17) is 9.47 Å². The van der Waals surface area contributed by atoms with Gasteiger partial charge in [0.15, 0.2) is 5.82 Å². The molecule has 2 N–H and O–H groups in total. The first kappa shape index (κ1) is 37.0. The first-order chi connectivity index (χ1) is 24.9. The molecule has 0 bridgehead atoms. The summed E-state index contributed by atoms with van der Waals surface area (Å²) in [7, 11) is 0. The number of likely N-dealkylation sites (tertiary alicyclic amines) is 1. The summed E-state index contributed by atoms with van der Waals surface area (Å²) in [5.74, 6) is 0.182. The summed E-state index contributed by atoms with van der Waals surface area (Å²) >= 11 is 0. The molecule has 10 heteroatoms. The Morgan fingerprint density at radius 2 is 1.41 bits per heavy atom. The lowest BCUT2D eigenvalue weighted by molar-refractivity contribution is -0.148. The van der Waals surface area contributed by atoms with Crippen molar-refractivity contribution >= 4 is 17.8 Å². The van der Waals surface area contributed by atoms with E-state index in [0.717, 1.165) is 47.5 Å². The zero-order valence-electron chi connectivity index (χ0n) is 29.6. The van der Waals surface area contributed by atoms with Crippen molar-refractivity contribution in [1.82, 2.24) is 20.2 Å². The maximum Gasteiger partial charge on any atom is 0.326 e. The predicted molar refractivity (Wildman–Crippen MR) is 197 cm³/mol. The van der Waals surface area contributed by atoms with Crippen LogP contribution in [-0.2, 0) is 16.0 Å². The number of ether oxygens (including phenoxy) is 2. The van der Waals surface area contributed by atoms with Gasteiger partial charge in [0.25, 0.3) is 5.91 Å². The van der Waals surface area contributed by atoms with Gasteiger partial charge < -0.3 is 24.8 Å². The smallest absolute Gasteiger partial charge is 0.326 e. The third kappa shape index (κ3) is 10.4. The highest BCUT2D eigenvalue weighted by atomic mass is 16.5. The number of carboxylic acids is 1. The summed E-state index contributed by atoms with van der Waals surface area (Å²) in [5.41, 5.74) is 3.86. The van der Waals surface area contributed by atoms with Gasteiger partial charge in [-0.1, -0.05) is 75.9 Å². The molecule has 1 aliphatic heterocycles. The van der Waals surface area contributed by atoms with Crippen LogP contribution >= 0.6 is 0 Å². The van der Waals surface area contributed by atoms with Crippen LogP contribution in [0.2, 0.25) is 0 Å². The molecule has 2 atom stereocenters. The highest BCUT2D eigenvalue weighted by Crippen LogP contribution is 2.25. The molecule has 3 aromatic carbocycles. The number of hydrogen-bond donors (Lipinski definition) is 2. The van der Waals surface area contributed by atoms with Crippen molar-refractivity contribution in [2.24, 2.45) is 0 Å². The Labute approximate surface area is 300 Å². The number of rotatable bonds is 18. The summed E-state index contributed by atoms with van der Waals surface area (Å²) in [4.78, 5) is 49.5. The fourth-order valence-electron chi connectivity index (χ4n) is 6.14. The third-order valence-corrected chi connectivity index (χ3v) is 9.02. The van der Waals surface area contributed by atoms with Crippen LogP contribution in [0.15, 0.2) is 85.2 Å². The minimum absolute atomic E-state index is 0.184. The number of unbranched alkanes of at least 4 members (excludes halogenated alkanes) is 4. The number of aromatic nitrogens is 2. The molecule has 1 aromatic heterocycles. The molecule has 5 rings (SSSR count). The van der Waals surface area contributed by atoms with E-state index in [0.29, 0.717) is 43.1 Å². The minimum Gasteiger partial charge on any atom is -0.494 e. The lowest BCUT2D eigenvalue weighted by Crippen LogP contribution is -2.52. The van der Waals surface area contributed by atoms with Gasteiger partial charge in [-0.3, -0.25) is 9.59 Å². The van der Waals surface area contributed by atoms with E-state index in [9.17, 15) is 19.5 Å². The topological polar surface area (TPSA) is 131 Å². The van der Waals surface area contributed by atoms with Crippen LogP contribution in [0, 0.1) is 0 Å². The number of carboxylic acid groups (broad SMARTS) is 1. The Bertz CT molecular complexity index is 1710. The van der Waals surface area contributed by atoms with Crippen molar-refractivity contribution < 1.29 is 29.0 Å². The van der Waals surface area contributed by atoms with Gasteiger partial charge in [-0.15, -0.1) is 0 Å². The van der Waals surface area contributed by atoms with Gasteiger partial charge in [-0.05, 0) is 73.2 Å². The Balaban J connectivity index is 1.23. The van der Waals surface area contributed by atoms with Crippen molar-refractivity contribution in [3.63, 3.8) is 0 Å². The first-order valence-corrected chi connectivity index (χ1v) is 18.1. The molecule has 10 nitrogen and oxygen atoms in total. The third-order valence-electron chi connectivity index (χ3n) is 9.02. The number of carbonyl (C=O) groups excluding carboxylic acids is 2. The van der Waals surface area contributed by atoms with E-state index in [2.05, 4.69) is 22.2 Å². The van der Waals surface area contributed by atoms with E-state index in [1.807, 2.05) is 55.5 Å². The van der Waals surface area contributed by atoms with Crippen molar-refractivity contribution in [1.29, 1.82) is 0 Å². The number of aliphatic carboxylic acids is 1. The first-order valence-electron chi connectivity index (χ1n) is 18.1. The molecule has 0 saturated carbocycles. The van der Waals surface area contributed by atoms with E-state index >= 15 is 0 Å². The van der Waals surface area contributed by atoms with Gasteiger partial charge in [-0.25, -0.2) is 14.8 Å². The van der Waals surface area contributed by atoms with Gasteiger partial charge in [0.05, 0.1) is 13.2 Å². The zero-order chi connectivity index (χ0) is 36.0. The molecule has 4 aromatic rings. The summed E-state index contributed by atoms with van der Waals surface area (Å²) in [6.07, 6.45) is 11.6. The van der Waals surface area contributed by atoms with Crippen molar-refractivity contribution in [3.8, 4) is 34.0 Å². The van der Waals surface area contributed by atoms with Gasteiger partial charge in [0, 0.05) is 42.0 Å².